The van der Waals surface area contributed by atoms with Gasteiger partial charge in [0.25, 0.3) is 0 Å². The smallest absolute Gasteiger partial charge is 0.307 e. The Morgan fingerprint density at radius 3 is 1.39 bits per heavy atom. The molecule has 0 radical (unpaired) electrons. The van der Waals surface area contributed by atoms with Crippen LogP contribution in [0.15, 0.2) is 8.96 Å². The van der Waals surface area contributed by atoms with Crippen LogP contribution in [0, 0.1) is 23.7 Å². The Hall–Kier alpha value is 1.56. The van der Waals surface area contributed by atoms with Crippen molar-refractivity contribution in [2.45, 2.75) is 24.7 Å². The van der Waals surface area contributed by atoms with Crippen molar-refractivity contribution in [1.29, 1.82) is 0 Å². The molecule has 0 aromatic rings. The number of hydrogen-bond donors (Lipinski definition) is 2. The summed E-state index contributed by atoms with van der Waals surface area (Å²) in [5, 5.41) is 19.0. The Morgan fingerprint density at radius 1 is 0.826 bits per heavy atom. The molecule has 4 nitrogen and oxygen atoms in total. The van der Waals surface area contributed by atoms with Gasteiger partial charge in [-0.15, -0.1) is 0 Å². The van der Waals surface area contributed by atoms with Gasteiger partial charge in [0.2, 0.25) is 0 Å². The van der Waals surface area contributed by atoms with Crippen molar-refractivity contribution in [2.24, 2.45) is 23.7 Å². The zero-order chi connectivity index (χ0) is 17.5. The van der Waals surface area contributed by atoms with Crippen molar-refractivity contribution in [3.8, 4) is 0 Å². The topological polar surface area (TPSA) is 74.6 Å². The summed E-state index contributed by atoms with van der Waals surface area (Å²) in [6.07, 6.45) is 0.591. The molecule has 3 aliphatic carbocycles. The van der Waals surface area contributed by atoms with Gasteiger partial charge in [0.05, 0.1) is 20.5 Å². The molecular weight excluding hydrogens is 700 g/mol. The fourth-order valence-electron chi connectivity index (χ4n) is 4.28. The molecule has 2 fully saturated rings. The summed E-state index contributed by atoms with van der Waals surface area (Å²) in [5.41, 5.74) is 0. The molecule has 2 saturated carbocycles. The molecule has 23 heavy (non-hydrogen) atoms. The zero-order valence-electron chi connectivity index (χ0n) is 11.2. The van der Waals surface area contributed by atoms with Gasteiger partial charge in [-0.2, -0.15) is 0 Å². The second-order valence-electron chi connectivity index (χ2n) is 6.20. The van der Waals surface area contributed by atoms with Crippen molar-refractivity contribution in [2.75, 3.05) is 0 Å². The van der Waals surface area contributed by atoms with Gasteiger partial charge >= 0.3 is 11.9 Å². The molecule has 6 atom stereocenters. The van der Waals surface area contributed by atoms with Crippen LogP contribution in [0.5, 0.6) is 0 Å². The summed E-state index contributed by atoms with van der Waals surface area (Å²) in [6, 6.07) is 0. The molecule has 128 valence electrons. The fourth-order valence-corrected chi connectivity index (χ4v) is 12.0. The molecule has 2 bridgehead atoms. The maximum absolute atomic E-state index is 11.6. The van der Waals surface area contributed by atoms with Crippen LogP contribution in [0.1, 0.15) is 12.8 Å². The number of halogens is 6. The third kappa shape index (κ3) is 2.14. The monoisotopic (exact) mass is 704 g/mol. The molecule has 3 aliphatic rings. The van der Waals surface area contributed by atoms with Gasteiger partial charge in [-0.25, -0.2) is 0 Å². The first-order valence-electron chi connectivity index (χ1n) is 6.69. The first-order chi connectivity index (χ1) is 10.4. The molecule has 6 unspecified atom stereocenters. The number of alkyl halides is 4. The Bertz CT molecular complexity index is 596. The molecule has 0 aromatic heterocycles. The molecule has 0 amide bonds. The van der Waals surface area contributed by atoms with Crippen LogP contribution in [-0.4, -0.2) is 34.0 Å². The fraction of sp³-hybridized carbons (Fsp3) is 0.692. The number of carboxylic acids is 2. The van der Waals surface area contributed by atoms with E-state index in [2.05, 4.69) is 95.6 Å². The van der Waals surface area contributed by atoms with E-state index < -0.39 is 35.7 Å². The van der Waals surface area contributed by atoms with Gasteiger partial charge in [-0.3, -0.25) is 9.59 Å². The highest BCUT2D eigenvalue weighted by atomic mass is 79.9. The summed E-state index contributed by atoms with van der Waals surface area (Å²) >= 11 is 22.4. The number of carbonyl (C=O) groups is 2. The van der Waals surface area contributed by atoms with Gasteiger partial charge in [-0.1, -0.05) is 95.6 Å². The van der Waals surface area contributed by atoms with Crippen molar-refractivity contribution in [3.63, 3.8) is 0 Å². The molecule has 0 spiro atoms. The second-order valence-corrected chi connectivity index (χ2v) is 13.7. The number of aliphatic carboxylic acids is 2. The summed E-state index contributed by atoms with van der Waals surface area (Å²) in [4.78, 5) is 23.2. The van der Waals surface area contributed by atoms with Crippen LogP contribution in [0.3, 0.4) is 0 Å². The van der Waals surface area contributed by atoms with Crippen molar-refractivity contribution in [1.82, 2.24) is 0 Å². The lowest BCUT2D eigenvalue weighted by Gasteiger charge is -2.44. The van der Waals surface area contributed by atoms with Crippen LogP contribution in [0.25, 0.3) is 0 Å². The van der Waals surface area contributed by atoms with E-state index in [4.69, 9.17) is 0 Å². The molecule has 0 aliphatic heterocycles. The van der Waals surface area contributed by atoms with Crippen molar-refractivity contribution in [3.05, 3.63) is 8.96 Å². The zero-order valence-corrected chi connectivity index (χ0v) is 20.7. The maximum atomic E-state index is 11.6. The van der Waals surface area contributed by atoms with Crippen LogP contribution >= 0.6 is 95.6 Å². The molecular formula is C13H10Br6O4. The number of allylic oxidation sites excluding steroid dienone is 2. The average molecular weight is 710 g/mol. The number of hydrogen-bond acceptors (Lipinski definition) is 2. The van der Waals surface area contributed by atoms with Crippen molar-refractivity contribution >= 4 is 108 Å². The van der Waals surface area contributed by atoms with Crippen molar-refractivity contribution < 1.29 is 19.8 Å². The lowest BCUT2D eigenvalue weighted by atomic mass is 9.64. The quantitative estimate of drug-likeness (QED) is 0.387. The van der Waals surface area contributed by atoms with E-state index in [0.29, 0.717) is 12.8 Å². The molecule has 3 rings (SSSR count). The SMILES string of the molecule is O=C(O)C1CC2C(CC1C(=O)O)C1(Br)C(Br)=C(Br)C2(Br)C1(Br)Br. The van der Waals surface area contributed by atoms with E-state index in [1.165, 1.54) is 0 Å². The van der Waals surface area contributed by atoms with Gasteiger partial charge in [0.15, 0.2) is 0 Å². The highest BCUT2D eigenvalue weighted by Crippen LogP contribution is 2.81. The number of rotatable bonds is 2. The minimum absolute atomic E-state index is 0.0481. The predicted octanol–water partition coefficient (Wildman–Crippen LogP) is 5.20. The van der Waals surface area contributed by atoms with E-state index in [1.807, 2.05) is 0 Å². The third-order valence-corrected chi connectivity index (χ3v) is 16.8. The normalized spacial score (nSPS) is 47.6. The largest absolute Gasteiger partial charge is 0.481 e. The molecule has 2 N–H and O–H groups in total. The van der Waals surface area contributed by atoms with Gasteiger partial charge < -0.3 is 10.2 Å². The maximum Gasteiger partial charge on any atom is 0.307 e. The van der Waals surface area contributed by atoms with E-state index in [-0.39, 0.29) is 11.8 Å². The third-order valence-electron chi connectivity index (χ3n) is 5.39. The van der Waals surface area contributed by atoms with Crippen LogP contribution in [0.2, 0.25) is 0 Å². The summed E-state index contributed by atoms with van der Waals surface area (Å²) in [5.74, 6) is -3.98. The van der Waals surface area contributed by atoms with E-state index in [1.54, 1.807) is 0 Å². The summed E-state index contributed by atoms with van der Waals surface area (Å²) in [6.45, 7) is 0. The highest BCUT2D eigenvalue weighted by Gasteiger charge is 2.81. The van der Waals surface area contributed by atoms with E-state index in [0.717, 1.165) is 8.96 Å². The first-order valence-corrected chi connectivity index (χ1v) is 11.5. The number of carboxylic acid groups (broad SMARTS) is 2. The Morgan fingerprint density at radius 2 is 1.13 bits per heavy atom. The predicted molar refractivity (Wildman–Crippen MR) is 107 cm³/mol. The van der Waals surface area contributed by atoms with E-state index in [9.17, 15) is 19.8 Å². The van der Waals surface area contributed by atoms with Crippen LogP contribution in [-0.2, 0) is 9.59 Å². The summed E-state index contributed by atoms with van der Waals surface area (Å²) in [7, 11) is 0. The lowest BCUT2D eigenvalue weighted by Crippen LogP contribution is -2.47. The first kappa shape index (κ1) is 19.3. The Kier molecular flexibility index (Phi) is 4.85. The Labute approximate surface area is 183 Å². The molecule has 10 heteroatoms. The summed E-state index contributed by atoms with van der Waals surface area (Å²) < 4.78 is 0.0159. The van der Waals surface area contributed by atoms with Crippen LogP contribution in [0.4, 0.5) is 0 Å². The van der Waals surface area contributed by atoms with Crippen LogP contribution < -0.4 is 0 Å². The second kappa shape index (κ2) is 5.78. The minimum atomic E-state index is -1.05. The highest BCUT2D eigenvalue weighted by molar-refractivity contribution is 9.27. The van der Waals surface area contributed by atoms with Gasteiger partial charge in [0, 0.05) is 8.96 Å². The standard InChI is InChI=1S/C13H10Br6O4/c14-7-8(15)12(17)6-2-4(10(22)23)3(9(20)21)1-5(6)11(7,16)13(12,18)19/h3-6H,1-2H2,(H,20,21)(H,22,23). The average Bonchev–Trinajstić information content (AvgIpc) is 2.67. The lowest BCUT2D eigenvalue weighted by molar-refractivity contribution is -0.157. The van der Waals surface area contributed by atoms with Gasteiger partial charge in [0.1, 0.15) is 3.23 Å². The molecule has 0 heterocycles. The van der Waals surface area contributed by atoms with Gasteiger partial charge in [-0.05, 0) is 24.7 Å². The molecule has 0 aromatic carbocycles. The minimum Gasteiger partial charge on any atom is -0.481 e. The Balaban J connectivity index is 2.15. The number of fused-ring (bicyclic) bond motifs is 5. The van der Waals surface area contributed by atoms with E-state index >= 15 is 0 Å². The molecule has 0 saturated heterocycles.